The lowest BCUT2D eigenvalue weighted by atomic mass is 10.00. The van der Waals surface area contributed by atoms with Gasteiger partial charge in [-0.2, -0.15) is 0 Å². The fourth-order valence-corrected chi connectivity index (χ4v) is 9.05. The van der Waals surface area contributed by atoms with E-state index in [0.29, 0.717) is 13.2 Å². The Morgan fingerprint density at radius 3 is 2.18 bits per heavy atom. The first-order chi connectivity index (χ1) is 15.8. The summed E-state index contributed by atoms with van der Waals surface area (Å²) in [6.07, 6.45) is 0.727. The number of hydrogen-bond acceptors (Lipinski definition) is 4. The van der Waals surface area contributed by atoms with Crippen molar-refractivity contribution in [3.05, 3.63) is 28.8 Å². The van der Waals surface area contributed by atoms with Gasteiger partial charge >= 0.3 is 0 Å². The molecule has 0 saturated carbocycles. The molecular formula is C26H40ClN3O2Si. The van der Waals surface area contributed by atoms with Crippen LogP contribution in [0.3, 0.4) is 0 Å². The highest BCUT2D eigenvalue weighted by Crippen LogP contribution is 2.30. The number of aliphatic imine (C=N–C) groups is 2. The summed E-state index contributed by atoms with van der Waals surface area (Å²) in [6.45, 7) is 16.5. The van der Waals surface area contributed by atoms with Gasteiger partial charge in [-0.25, -0.2) is 9.98 Å². The summed E-state index contributed by atoms with van der Waals surface area (Å²) in [5.41, 5.74) is 2.47. The Morgan fingerprint density at radius 2 is 1.61 bits per heavy atom. The fourth-order valence-electron chi connectivity index (χ4n) is 5.04. The minimum atomic E-state index is -1.69. The third-order valence-electron chi connectivity index (χ3n) is 7.13. The summed E-state index contributed by atoms with van der Waals surface area (Å²) in [6, 6.07) is 9.47. The maximum Gasteiger partial charge on any atom is 0.210 e. The number of aromatic nitrogens is 1. The number of hydrogen-bond donors (Lipinski definition) is 1. The number of nitrogens with zero attached hydrogens (tertiary/aromatic N) is 2. The van der Waals surface area contributed by atoms with Crippen LogP contribution in [0.4, 0.5) is 0 Å². The van der Waals surface area contributed by atoms with Gasteiger partial charge in [-0.3, -0.25) is 0 Å². The molecule has 2 aromatic rings. The molecule has 0 radical (unpaired) electrons. The van der Waals surface area contributed by atoms with E-state index in [2.05, 4.69) is 51.7 Å². The van der Waals surface area contributed by atoms with Crippen molar-refractivity contribution in [3.63, 3.8) is 0 Å². The van der Waals surface area contributed by atoms with E-state index < -0.39 is 8.07 Å². The zero-order valence-electron chi connectivity index (χ0n) is 21.3. The number of aromatic amines is 1. The Bertz CT molecular complexity index is 1000. The topological polar surface area (TPSA) is 59.0 Å². The van der Waals surface area contributed by atoms with Crippen LogP contribution in [0.1, 0.15) is 54.0 Å². The number of rotatable bonds is 9. The molecule has 3 rings (SSSR count). The molecule has 1 aliphatic heterocycles. The summed E-state index contributed by atoms with van der Waals surface area (Å²) in [5, 5.41) is 3.38. The van der Waals surface area contributed by atoms with Crippen molar-refractivity contribution in [1.29, 1.82) is 0 Å². The van der Waals surface area contributed by atoms with Crippen LogP contribution in [0.15, 0.2) is 28.2 Å². The zero-order valence-corrected chi connectivity index (χ0v) is 23.1. The van der Waals surface area contributed by atoms with Gasteiger partial charge in [-0.15, -0.1) is 0 Å². The first-order valence-electron chi connectivity index (χ1n) is 12.5. The average molecular weight is 490 g/mol. The van der Waals surface area contributed by atoms with E-state index in [1.165, 1.54) is 34.4 Å². The highest BCUT2D eigenvalue weighted by molar-refractivity contribution is 6.91. The molecule has 1 N–H and O–H groups in total. The molecule has 1 aliphatic rings. The van der Waals surface area contributed by atoms with E-state index in [1.54, 1.807) is 0 Å². The molecule has 0 saturated heterocycles. The standard InChI is InChI=1S/C26H40ClN3O2Si/c1-8-31-24-22(28-25(32-9-2)23(30-24)17(6)7)16-20-19-15-18(27)13-14-21(19)29-26(20)33(10-3,11-4)12-5/h13-15,17,22-23,29H,8-12,16H2,1-7H3/t22-,23+/m0/s1. The number of H-pyrrole nitrogens is 1. The second-order valence-corrected chi connectivity index (χ2v) is 14.8. The Balaban J connectivity index is 2.16. The van der Waals surface area contributed by atoms with Gasteiger partial charge in [0.2, 0.25) is 11.8 Å². The minimum Gasteiger partial charge on any atom is -0.480 e. The lowest BCUT2D eigenvalue weighted by molar-refractivity contribution is 0.276. The van der Waals surface area contributed by atoms with Crippen molar-refractivity contribution in [2.45, 2.75) is 85.1 Å². The Morgan fingerprint density at radius 1 is 0.970 bits per heavy atom. The largest absolute Gasteiger partial charge is 0.480 e. The van der Waals surface area contributed by atoms with Crippen molar-refractivity contribution in [2.24, 2.45) is 15.9 Å². The molecule has 182 valence electrons. The number of halogens is 1. The SMILES string of the molecule is CCOC1=N[C@H](C(C)C)C(OCC)=N[C@H]1Cc1c([Si](CC)(CC)CC)[nH]c2ccc(Cl)cc12. The summed E-state index contributed by atoms with van der Waals surface area (Å²) in [4.78, 5) is 13.9. The van der Waals surface area contributed by atoms with Gasteiger partial charge in [0.15, 0.2) is 0 Å². The van der Waals surface area contributed by atoms with Crippen LogP contribution in [0, 0.1) is 5.92 Å². The summed E-state index contributed by atoms with van der Waals surface area (Å²) in [7, 11) is -1.69. The fraction of sp³-hybridized carbons (Fsp3) is 0.615. The summed E-state index contributed by atoms with van der Waals surface area (Å²) >= 11 is 6.46. The van der Waals surface area contributed by atoms with Crippen molar-refractivity contribution < 1.29 is 9.47 Å². The molecule has 7 heteroatoms. The van der Waals surface area contributed by atoms with Crippen LogP contribution >= 0.6 is 11.6 Å². The molecule has 0 fully saturated rings. The Labute approximate surface area is 205 Å². The van der Waals surface area contributed by atoms with Crippen LogP contribution in [0.2, 0.25) is 23.2 Å². The predicted molar refractivity (Wildman–Crippen MR) is 144 cm³/mol. The van der Waals surface area contributed by atoms with Crippen molar-refractivity contribution >= 4 is 47.7 Å². The van der Waals surface area contributed by atoms with Crippen molar-refractivity contribution in [1.82, 2.24) is 4.98 Å². The molecule has 1 aromatic carbocycles. The molecule has 5 nitrogen and oxygen atoms in total. The molecule has 0 bridgehead atoms. The maximum atomic E-state index is 6.46. The maximum absolute atomic E-state index is 6.46. The van der Waals surface area contributed by atoms with E-state index in [0.717, 1.165) is 28.8 Å². The van der Waals surface area contributed by atoms with Gasteiger partial charge in [0.1, 0.15) is 20.2 Å². The van der Waals surface area contributed by atoms with Crippen molar-refractivity contribution in [2.75, 3.05) is 13.2 Å². The highest BCUT2D eigenvalue weighted by atomic mass is 35.5. The van der Waals surface area contributed by atoms with Crippen LogP contribution in [0.25, 0.3) is 10.9 Å². The monoisotopic (exact) mass is 489 g/mol. The molecular weight excluding hydrogens is 450 g/mol. The van der Waals surface area contributed by atoms with Crippen molar-refractivity contribution in [3.8, 4) is 0 Å². The first kappa shape index (κ1) is 25.8. The van der Waals surface area contributed by atoms with Crippen LogP contribution in [-0.4, -0.2) is 50.2 Å². The van der Waals surface area contributed by atoms with Gasteiger partial charge < -0.3 is 14.5 Å². The molecule has 0 unspecified atom stereocenters. The normalized spacial score (nSPS) is 19.1. The van der Waals surface area contributed by atoms with Crippen LogP contribution < -0.4 is 5.32 Å². The van der Waals surface area contributed by atoms with E-state index >= 15 is 0 Å². The van der Waals surface area contributed by atoms with E-state index in [9.17, 15) is 0 Å². The highest BCUT2D eigenvalue weighted by Gasteiger charge is 2.37. The molecule has 2 heterocycles. The van der Waals surface area contributed by atoms with Gasteiger partial charge in [-0.05, 0) is 43.5 Å². The Kier molecular flexibility index (Phi) is 8.68. The third-order valence-corrected chi connectivity index (χ3v) is 12.9. The van der Waals surface area contributed by atoms with Crippen LogP contribution in [0.5, 0.6) is 0 Å². The second-order valence-electron chi connectivity index (χ2n) is 9.22. The Hall–Kier alpha value is -1.79. The quantitative estimate of drug-likeness (QED) is 0.417. The first-order valence-corrected chi connectivity index (χ1v) is 15.5. The number of fused-ring (bicyclic) bond motifs is 1. The average Bonchev–Trinajstić information content (AvgIpc) is 3.15. The lowest BCUT2D eigenvalue weighted by Crippen LogP contribution is -2.49. The minimum absolute atomic E-state index is 0.102. The van der Waals surface area contributed by atoms with Gasteiger partial charge in [0.25, 0.3) is 0 Å². The zero-order chi connectivity index (χ0) is 24.2. The van der Waals surface area contributed by atoms with Gasteiger partial charge in [0.05, 0.1) is 13.2 Å². The lowest BCUT2D eigenvalue weighted by Gasteiger charge is -2.31. The van der Waals surface area contributed by atoms with E-state index in [4.69, 9.17) is 31.1 Å². The van der Waals surface area contributed by atoms with E-state index in [1.807, 2.05) is 19.9 Å². The smallest absolute Gasteiger partial charge is 0.210 e. The van der Waals surface area contributed by atoms with E-state index in [-0.39, 0.29) is 18.0 Å². The molecule has 0 spiro atoms. The number of benzene rings is 1. The summed E-state index contributed by atoms with van der Waals surface area (Å²) < 4.78 is 12.0. The molecule has 33 heavy (non-hydrogen) atoms. The summed E-state index contributed by atoms with van der Waals surface area (Å²) in [5.74, 6) is 1.73. The van der Waals surface area contributed by atoms with Gasteiger partial charge in [-0.1, -0.05) is 64.4 Å². The number of ether oxygens (including phenoxy) is 2. The van der Waals surface area contributed by atoms with Gasteiger partial charge in [0, 0.05) is 27.7 Å². The van der Waals surface area contributed by atoms with Crippen LogP contribution in [-0.2, 0) is 15.9 Å². The molecule has 0 amide bonds. The number of nitrogens with one attached hydrogen (secondary N) is 1. The third kappa shape index (κ3) is 5.17. The predicted octanol–water partition coefficient (Wildman–Crippen LogP) is 6.36. The second kappa shape index (κ2) is 11.1. The molecule has 2 atom stereocenters. The molecule has 1 aromatic heterocycles. The molecule has 0 aliphatic carbocycles.